The highest BCUT2D eigenvalue weighted by Gasteiger charge is 2.20. The lowest BCUT2D eigenvalue weighted by atomic mass is 10.1. The van der Waals surface area contributed by atoms with Gasteiger partial charge in [0.1, 0.15) is 5.82 Å². The van der Waals surface area contributed by atoms with E-state index in [9.17, 15) is 4.39 Å². The van der Waals surface area contributed by atoms with Gasteiger partial charge in [-0.05, 0) is 55.2 Å². The fourth-order valence-electron chi connectivity index (χ4n) is 2.13. The van der Waals surface area contributed by atoms with Crippen LogP contribution in [0.15, 0.2) is 52.3 Å². The Kier molecular flexibility index (Phi) is 4.08. The molecule has 20 heavy (non-hydrogen) atoms. The van der Waals surface area contributed by atoms with Crippen molar-refractivity contribution in [1.29, 1.82) is 0 Å². The second-order valence-electron chi connectivity index (χ2n) is 5.28. The van der Waals surface area contributed by atoms with E-state index in [-0.39, 0.29) is 5.82 Å². The van der Waals surface area contributed by atoms with Gasteiger partial charge in [-0.25, -0.2) is 4.39 Å². The van der Waals surface area contributed by atoms with Crippen LogP contribution in [-0.4, -0.2) is 6.04 Å². The number of benzene rings is 2. The predicted molar refractivity (Wildman–Crippen MR) is 81.6 cm³/mol. The third-order valence-corrected chi connectivity index (χ3v) is 4.58. The van der Waals surface area contributed by atoms with Gasteiger partial charge in [-0.2, -0.15) is 0 Å². The molecule has 104 valence electrons. The summed E-state index contributed by atoms with van der Waals surface area (Å²) in [5.74, 6) is -0.158. The molecule has 0 atom stereocenters. The van der Waals surface area contributed by atoms with Crippen LogP contribution in [0, 0.1) is 12.7 Å². The van der Waals surface area contributed by atoms with Crippen molar-refractivity contribution in [3.05, 3.63) is 59.4 Å². The average molecular weight is 287 g/mol. The molecule has 3 heteroatoms. The second-order valence-corrected chi connectivity index (χ2v) is 6.39. The van der Waals surface area contributed by atoms with Crippen LogP contribution < -0.4 is 5.32 Å². The number of aryl methyl sites for hydroxylation is 1. The van der Waals surface area contributed by atoms with E-state index < -0.39 is 0 Å². The molecule has 1 aliphatic carbocycles. The highest BCUT2D eigenvalue weighted by molar-refractivity contribution is 7.99. The van der Waals surface area contributed by atoms with E-state index in [4.69, 9.17) is 0 Å². The van der Waals surface area contributed by atoms with Crippen molar-refractivity contribution in [1.82, 2.24) is 5.32 Å². The van der Waals surface area contributed by atoms with Gasteiger partial charge in [-0.3, -0.25) is 0 Å². The van der Waals surface area contributed by atoms with Crippen LogP contribution in [0.4, 0.5) is 4.39 Å². The molecule has 1 N–H and O–H groups in total. The first kappa shape index (κ1) is 13.7. The van der Waals surface area contributed by atoms with Gasteiger partial charge in [-0.15, -0.1) is 0 Å². The monoisotopic (exact) mass is 287 g/mol. The normalized spacial score (nSPS) is 14.5. The molecule has 0 aromatic heterocycles. The fraction of sp³-hybridized carbons (Fsp3) is 0.294. The van der Waals surface area contributed by atoms with Crippen LogP contribution in [0.1, 0.15) is 24.0 Å². The molecule has 1 fully saturated rings. The quantitative estimate of drug-likeness (QED) is 0.866. The lowest BCUT2D eigenvalue weighted by molar-refractivity contribution is 0.602. The molecule has 0 unspecified atom stereocenters. The molecular weight excluding hydrogens is 269 g/mol. The van der Waals surface area contributed by atoms with Crippen LogP contribution in [0.25, 0.3) is 0 Å². The van der Waals surface area contributed by atoms with Crippen LogP contribution in [0.2, 0.25) is 0 Å². The minimum Gasteiger partial charge on any atom is -0.310 e. The molecule has 0 aliphatic heterocycles. The molecule has 0 spiro atoms. The topological polar surface area (TPSA) is 12.0 Å². The maximum absolute atomic E-state index is 13.6. The van der Waals surface area contributed by atoms with Crippen molar-refractivity contribution in [2.75, 3.05) is 0 Å². The smallest absolute Gasteiger partial charge is 0.137 e. The first-order chi connectivity index (χ1) is 9.72. The molecule has 0 saturated heterocycles. The summed E-state index contributed by atoms with van der Waals surface area (Å²) in [5, 5.41) is 3.53. The minimum atomic E-state index is -0.158. The predicted octanol–water partition coefficient (Wildman–Crippen LogP) is 4.54. The van der Waals surface area contributed by atoms with Crippen molar-refractivity contribution >= 4 is 11.8 Å². The lowest BCUT2D eigenvalue weighted by Crippen LogP contribution is -2.15. The van der Waals surface area contributed by atoms with E-state index >= 15 is 0 Å². The highest BCUT2D eigenvalue weighted by atomic mass is 32.2. The van der Waals surface area contributed by atoms with Crippen molar-refractivity contribution < 1.29 is 4.39 Å². The summed E-state index contributed by atoms with van der Waals surface area (Å²) in [7, 11) is 0. The summed E-state index contributed by atoms with van der Waals surface area (Å²) in [6, 6.07) is 14.0. The summed E-state index contributed by atoms with van der Waals surface area (Å²) < 4.78 is 13.6. The molecule has 1 saturated carbocycles. The molecule has 2 aromatic carbocycles. The molecule has 0 radical (unpaired) electrons. The van der Waals surface area contributed by atoms with Gasteiger partial charge in [0.15, 0.2) is 0 Å². The third kappa shape index (κ3) is 3.41. The van der Waals surface area contributed by atoms with Gasteiger partial charge >= 0.3 is 0 Å². The number of rotatable bonds is 5. The van der Waals surface area contributed by atoms with Crippen molar-refractivity contribution in [2.45, 2.75) is 42.1 Å². The van der Waals surface area contributed by atoms with Crippen molar-refractivity contribution in [3.63, 3.8) is 0 Å². The van der Waals surface area contributed by atoms with E-state index in [1.165, 1.54) is 41.8 Å². The van der Waals surface area contributed by atoms with E-state index in [1.807, 2.05) is 12.1 Å². The zero-order chi connectivity index (χ0) is 13.9. The first-order valence-electron chi connectivity index (χ1n) is 6.97. The van der Waals surface area contributed by atoms with E-state index in [0.29, 0.717) is 4.90 Å². The highest BCUT2D eigenvalue weighted by Crippen LogP contribution is 2.31. The van der Waals surface area contributed by atoms with Crippen molar-refractivity contribution in [3.8, 4) is 0 Å². The van der Waals surface area contributed by atoms with Gasteiger partial charge in [0.25, 0.3) is 0 Å². The fourth-order valence-corrected chi connectivity index (χ4v) is 3.06. The van der Waals surface area contributed by atoms with Crippen LogP contribution >= 0.6 is 11.8 Å². The van der Waals surface area contributed by atoms with E-state index in [2.05, 4.69) is 30.4 Å². The van der Waals surface area contributed by atoms with Crippen LogP contribution in [0.5, 0.6) is 0 Å². The Bertz CT molecular complexity index is 608. The lowest BCUT2D eigenvalue weighted by Gasteiger charge is -2.09. The molecule has 1 nitrogen and oxygen atoms in total. The summed E-state index contributed by atoms with van der Waals surface area (Å²) in [6.07, 6.45) is 2.61. The summed E-state index contributed by atoms with van der Waals surface area (Å²) in [5.41, 5.74) is 2.59. The molecular formula is C17H18FNS. The van der Waals surface area contributed by atoms with Crippen LogP contribution in [-0.2, 0) is 6.54 Å². The average Bonchev–Trinajstić information content (AvgIpc) is 3.25. The van der Waals surface area contributed by atoms with Gasteiger partial charge in [0.05, 0.1) is 0 Å². The van der Waals surface area contributed by atoms with Gasteiger partial charge in [-0.1, -0.05) is 30.0 Å². The Balaban J connectivity index is 1.71. The maximum atomic E-state index is 13.6. The SMILES string of the molecule is Cc1cc(Sc2ccccc2F)ccc1CNC1CC1. The third-order valence-electron chi connectivity index (χ3n) is 3.54. The largest absolute Gasteiger partial charge is 0.310 e. The van der Waals surface area contributed by atoms with Gasteiger partial charge in [0, 0.05) is 22.4 Å². The Morgan fingerprint density at radius 3 is 2.70 bits per heavy atom. The van der Waals surface area contributed by atoms with Gasteiger partial charge < -0.3 is 5.32 Å². The summed E-state index contributed by atoms with van der Waals surface area (Å²) in [6.45, 7) is 3.05. The molecule has 1 aliphatic rings. The van der Waals surface area contributed by atoms with Crippen molar-refractivity contribution in [2.24, 2.45) is 0 Å². The van der Waals surface area contributed by atoms with Crippen LogP contribution in [0.3, 0.4) is 0 Å². The number of hydrogen-bond acceptors (Lipinski definition) is 2. The Morgan fingerprint density at radius 2 is 2.00 bits per heavy atom. The first-order valence-corrected chi connectivity index (χ1v) is 7.79. The molecule has 3 rings (SSSR count). The molecule has 0 bridgehead atoms. The summed E-state index contributed by atoms with van der Waals surface area (Å²) in [4.78, 5) is 1.76. The van der Waals surface area contributed by atoms with E-state index in [0.717, 1.165) is 17.5 Å². The summed E-state index contributed by atoms with van der Waals surface area (Å²) >= 11 is 1.48. The Morgan fingerprint density at radius 1 is 1.20 bits per heavy atom. The molecule has 0 amide bonds. The van der Waals surface area contributed by atoms with E-state index in [1.54, 1.807) is 6.07 Å². The number of halogens is 1. The zero-order valence-electron chi connectivity index (χ0n) is 11.5. The minimum absolute atomic E-state index is 0.158. The number of hydrogen-bond donors (Lipinski definition) is 1. The standard InChI is InChI=1S/C17H18FNS/c1-12-10-15(20-17-5-3-2-4-16(17)18)9-6-13(12)11-19-14-7-8-14/h2-6,9-10,14,19H,7-8,11H2,1H3. The second kappa shape index (κ2) is 5.98. The molecule has 2 aromatic rings. The molecule has 0 heterocycles. The maximum Gasteiger partial charge on any atom is 0.137 e. The number of nitrogens with one attached hydrogen (secondary N) is 1. The Labute approximate surface area is 123 Å². The van der Waals surface area contributed by atoms with Gasteiger partial charge in [0.2, 0.25) is 0 Å². The Hall–Kier alpha value is -1.32. The zero-order valence-corrected chi connectivity index (χ0v) is 12.3.